The zero-order chi connectivity index (χ0) is 21.2. The molecular formula is C19H21ClF2N4O. The number of nitrogens with one attached hydrogen (secondary N) is 1. The summed E-state index contributed by atoms with van der Waals surface area (Å²) in [7, 11) is 0. The summed E-state index contributed by atoms with van der Waals surface area (Å²) in [6, 6.07) is 3.54. The number of rotatable bonds is 5. The van der Waals surface area contributed by atoms with E-state index in [0.29, 0.717) is 5.82 Å². The molecule has 1 aromatic heterocycles. The molecule has 1 saturated heterocycles. The maximum atomic E-state index is 15.4. The zero-order valence-corrected chi connectivity index (χ0v) is 15.6. The van der Waals surface area contributed by atoms with Crippen molar-refractivity contribution in [3.63, 3.8) is 0 Å². The summed E-state index contributed by atoms with van der Waals surface area (Å²) in [5, 5.41) is 2.68. The summed E-state index contributed by atoms with van der Waals surface area (Å²) in [4.78, 5) is 22.1. The third-order valence-electron chi connectivity index (χ3n) is 4.34. The summed E-state index contributed by atoms with van der Waals surface area (Å²) in [5.74, 6) is -0.678. The van der Waals surface area contributed by atoms with E-state index in [1.54, 1.807) is 12.4 Å². The van der Waals surface area contributed by atoms with Crippen LogP contribution in [0.3, 0.4) is 0 Å². The van der Waals surface area contributed by atoms with Gasteiger partial charge in [0, 0.05) is 53.1 Å². The maximum absolute atomic E-state index is 15.4. The van der Waals surface area contributed by atoms with Gasteiger partial charge in [0.1, 0.15) is 17.3 Å². The van der Waals surface area contributed by atoms with E-state index in [2.05, 4.69) is 15.3 Å². The Morgan fingerprint density at radius 2 is 2.15 bits per heavy atom. The smallest absolute Gasteiger partial charge is 0.253 e. The number of piperidine rings is 1. The van der Waals surface area contributed by atoms with Gasteiger partial charge in [0.05, 0.1) is 11.6 Å². The Morgan fingerprint density at radius 3 is 2.81 bits per heavy atom. The number of carbonyl (C=O) groups excluding carboxylic acids is 1. The van der Waals surface area contributed by atoms with Gasteiger partial charge in [-0.15, -0.1) is 0 Å². The second-order valence-corrected chi connectivity index (χ2v) is 6.94. The molecule has 3 rings (SSSR count). The third kappa shape index (κ3) is 4.99. The van der Waals surface area contributed by atoms with Crippen molar-refractivity contribution < 1.29 is 16.3 Å². The first kappa shape index (κ1) is 17.0. The van der Waals surface area contributed by atoms with Crippen LogP contribution in [0.1, 0.15) is 37.3 Å². The number of likely N-dealkylation sites (tertiary alicyclic amines) is 1. The fourth-order valence-electron chi connectivity index (χ4n) is 2.74. The highest BCUT2D eigenvalue weighted by molar-refractivity contribution is 6.31. The number of aromatic nitrogens is 2. The molecule has 2 heterocycles. The molecule has 1 N–H and O–H groups in total. The topological polar surface area (TPSA) is 58.1 Å². The molecule has 1 fully saturated rings. The molecule has 1 unspecified atom stereocenters. The van der Waals surface area contributed by atoms with Gasteiger partial charge < -0.3 is 10.2 Å². The summed E-state index contributed by atoms with van der Waals surface area (Å²) in [5.41, 5.74) is -1.12. The Hall–Kier alpha value is -2.12. The SMILES string of the molecule is [2H]C1([2H])CN(C(=O)c2ccc(F)c(Cl)c2)CCC1(F)CNCc1ncc(C)cn1. The second-order valence-electron chi connectivity index (χ2n) is 6.53. The summed E-state index contributed by atoms with van der Waals surface area (Å²) < 4.78 is 45.1. The van der Waals surface area contributed by atoms with Crippen molar-refractivity contribution >= 4 is 17.5 Å². The van der Waals surface area contributed by atoms with Crippen LogP contribution in [0.15, 0.2) is 30.6 Å². The summed E-state index contributed by atoms with van der Waals surface area (Å²) >= 11 is 5.72. The van der Waals surface area contributed by atoms with Crippen molar-refractivity contribution in [3.05, 3.63) is 58.4 Å². The first-order valence-electron chi connectivity index (χ1n) is 9.53. The van der Waals surface area contributed by atoms with Crippen LogP contribution in [0, 0.1) is 12.7 Å². The van der Waals surface area contributed by atoms with Gasteiger partial charge in [-0.1, -0.05) is 11.6 Å². The first-order valence-corrected chi connectivity index (χ1v) is 8.91. The summed E-state index contributed by atoms with van der Waals surface area (Å²) in [6.45, 7) is 1.45. The monoisotopic (exact) mass is 396 g/mol. The van der Waals surface area contributed by atoms with Crippen molar-refractivity contribution in [3.8, 4) is 0 Å². The molecule has 0 bridgehead atoms. The molecule has 0 spiro atoms. The van der Waals surface area contributed by atoms with E-state index < -0.39 is 30.3 Å². The van der Waals surface area contributed by atoms with E-state index in [4.69, 9.17) is 14.3 Å². The highest BCUT2D eigenvalue weighted by atomic mass is 35.5. The highest BCUT2D eigenvalue weighted by Crippen LogP contribution is 2.27. The minimum absolute atomic E-state index is 0.0343. The summed E-state index contributed by atoms with van der Waals surface area (Å²) in [6.07, 6.45) is 0.856. The molecule has 2 aromatic rings. The Bertz CT molecular complexity index is 900. The van der Waals surface area contributed by atoms with E-state index in [-0.39, 0.29) is 36.6 Å². The van der Waals surface area contributed by atoms with Crippen molar-refractivity contribution in [1.29, 1.82) is 0 Å². The highest BCUT2D eigenvalue weighted by Gasteiger charge is 2.36. The average Bonchev–Trinajstić information content (AvgIpc) is 2.67. The van der Waals surface area contributed by atoms with E-state index in [0.717, 1.165) is 11.6 Å². The Kier molecular flexibility index (Phi) is 5.21. The van der Waals surface area contributed by atoms with Gasteiger partial charge >= 0.3 is 0 Å². The molecule has 1 amide bonds. The number of hydrogen-bond donors (Lipinski definition) is 1. The fraction of sp³-hybridized carbons (Fsp3) is 0.421. The number of carbonyl (C=O) groups is 1. The number of halogens is 3. The van der Waals surface area contributed by atoms with E-state index in [1.807, 2.05) is 6.92 Å². The van der Waals surface area contributed by atoms with Crippen LogP contribution in [0.25, 0.3) is 0 Å². The number of aryl methyl sites for hydroxylation is 1. The van der Waals surface area contributed by atoms with E-state index in [9.17, 15) is 9.18 Å². The maximum Gasteiger partial charge on any atom is 0.253 e. The van der Waals surface area contributed by atoms with Crippen molar-refractivity contribution in [2.45, 2.75) is 31.9 Å². The minimum Gasteiger partial charge on any atom is -0.338 e. The molecule has 0 radical (unpaired) electrons. The number of hydrogen-bond acceptors (Lipinski definition) is 4. The van der Waals surface area contributed by atoms with Crippen molar-refractivity contribution in [2.24, 2.45) is 0 Å². The molecule has 1 aliphatic rings. The molecule has 0 saturated carbocycles. The van der Waals surface area contributed by atoms with Gasteiger partial charge in [0.15, 0.2) is 0 Å². The number of benzene rings is 1. The largest absolute Gasteiger partial charge is 0.338 e. The molecule has 1 aliphatic heterocycles. The van der Waals surface area contributed by atoms with Gasteiger partial charge in [-0.2, -0.15) is 0 Å². The molecule has 5 nitrogen and oxygen atoms in total. The number of nitrogens with zero attached hydrogens (tertiary/aromatic N) is 3. The molecule has 0 aliphatic carbocycles. The first-order chi connectivity index (χ1) is 13.6. The minimum atomic E-state index is -2.27. The van der Waals surface area contributed by atoms with Crippen molar-refractivity contribution in [2.75, 3.05) is 19.6 Å². The Morgan fingerprint density at radius 1 is 1.41 bits per heavy atom. The van der Waals surface area contributed by atoms with Crippen LogP contribution in [0.4, 0.5) is 8.78 Å². The van der Waals surface area contributed by atoms with E-state index in [1.165, 1.54) is 17.0 Å². The molecular weight excluding hydrogens is 374 g/mol. The lowest BCUT2D eigenvalue weighted by Crippen LogP contribution is -2.48. The molecule has 144 valence electrons. The zero-order valence-electron chi connectivity index (χ0n) is 16.8. The van der Waals surface area contributed by atoms with E-state index >= 15 is 4.39 Å². The molecule has 8 heteroatoms. The van der Waals surface area contributed by atoms with Gasteiger partial charge in [-0.05, 0) is 30.7 Å². The van der Waals surface area contributed by atoms with Crippen LogP contribution in [-0.4, -0.2) is 46.1 Å². The number of amides is 1. The van der Waals surface area contributed by atoms with Gasteiger partial charge in [-0.25, -0.2) is 18.7 Å². The molecule has 1 aromatic carbocycles. The lowest BCUT2D eigenvalue weighted by Gasteiger charge is -2.36. The van der Waals surface area contributed by atoms with Crippen molar-refractivity contribution in [1.82, 2.24) is 20.2 Å². The fourth-order valence-corrected chi connectivity index (χ4v) is 2.92. The normalized spacial score (nSPS) is 22.9. The van der Waals surface area contributed by atoms with Crippen LogP contribution in [0.2, 0.25) is 5.02 Å². The van der Waals surface area contributed by atoms with Crippen LogP contribution in [-0.2, 0) is 6.54 Å². The standard InChI is InChI=1S/C19H21ClF2N4O/c1-13-9-24-17(25-10-13)11-23-12-19(22)4-6-26(7-5-19)18(27)14-2-3-16(21)15(20)8-14/h2-3,8-10,23H,4-7,11-12H2,1H3/i4D2. The Balaban J connectivity index is 1.63. The predicted molar refractivity (Wildman–Crippen MR) is 98.9 cm³/mol. The lowest BCUT2D eigenvalue weighted by atomic mass is 9.92. The molecule has 1 atom stereocenters. The van der Waals surface area contributed by atoms with Gasteiger partial charge in [0.25, 0.3) is 5.91 Å². The Labute approximate surface area is 164 Å². The molecule has 27 heavy (non-hydrogen) atoms. The predicted octanol–water partition coefficient (Wildman–Crippen LogP) is 3.31. The van der Waals surface area contributed by atoms with Crippen LogP contribution >= 0.6 is 11.6 Å². The van der Waals surface area contributed by atoms with Crippen LogP contribution in [0.5, 0.6) is 0 Å². The quantitative estimate of drug-likeness (QED) is 0.842. The number of alkyl halides is 1. The van der Waals surface area contributed by atoms with Gasteiger partial charge in [0.2, 0.25) is 0 Å². The lowest BCUT2D eigenvalue weighted by molar-refractivity contribution is 0.0434. The second kappa shape index (κ2) is 8.27. The van der Waals surface area contributed by atoms with Crippen LogP contribution < -0.4 is 5.32 Å². The average molecular weight is 397 g/mol. The third-order valence-corrected chi connectivity index (χ3v) is 4.63. The van der Waals surface area contributed by atoms with Gasteiger partial charge in [-0.3, -0.25) is 4.79 Å².